The molecule has 0 aliphatic rings. The number of anilines is 1. The third-order valence-electron chi connectivity index (χ3n) is 5.19. The minimum Gasteiger partial charge on any atom is -0.325 e. The Balaban J connectivity index is 1.50. The quantitative estimate of drug-likeness (QED) is 0.318. The van der Waals surface area contributed by atoms with Gasteiger partial charge in [0.05, 0.1) is 27.7 Å². The van der Waals surface area contributed by atoms with Crippen LogP contribution in [-0.2, 0) is 17.6 Å². The largest absolute Gasteiger partial charge is 0.325 e. The maximum atomic E-state index is 12.6. The third-order valence-corrected chi connectivity index (χ3v) is 6.34. The Bertz CT molecular complexity index is 1290. The van der Waals surface area contributed by atoms with E-state index >= 15 is 0 Å². The monoisotopic (exact) mass is 431 g/mol. The molecule has 0 saturated carbocycles. The van der Waals surface area contributed by atoms with Gasteiger partial charge in [0.15, 0.2) is 0 Å². The molecule has 1 heterocycles. The number of nitro benzene ring substituents is 1. The SMILES string of the molecule is Cc1ccc([N+](=O)[O-])cc1NC(=O)Cc1sc(Cc2cccc3ccccc23)nc1C. The molecule has 156 valence electrons. The number of fused-ring (bicyclic) bond motifs is 1. The van der Waals surface area contributed by atoms with Gasteiger partial charge in [-0.15, -0.1) is 11.3 Å². The highest BCUT2D eigenvalue weighted by Gasteiger charge is 2.15. The van der Waals surface area contributed by atoms with Crippen LogP contribution >= 0.6 is 11.3 Å². The smallest absolute Gasteiger partial charge is 0.271 e. The average Bonchev–Trinajstić information content (AvgIpc) is 3.08. The van der Waals surface area contributed by atoms with Crippen molar-refractivity contribution in [3.63, 3.8) is 0 Å². The number of nitrogens with one attached hydrogen (secondary N) is 1. The zero-order valence-electron chi connectivity index (χ0n) is 17.2. The van der Waals surface area contributed by atoms with E-state index < -0.39 is 4.92 Å². The minimum atomic E-state index is -0.470. The van der Waals surface area contributed by atoms with Gasteiger partial charge < -0.3 is 5.32 Å². The first-order valence-corrected chi connectivity index (χ1v) is 10.7. The highest BCUT2D eigenvalue weighted by molar-refractivity contribution is 7.11. The lowest BCUT2D eigenvalue weighted by molar-refractivity contribution is -0.384. The van der Waals surface area contributed by atoms with E-state index in [1.807, 2.05) is 25.1 Å². The topological polar surface area (TPSA) is 85.1 Å². The van der Waals surface area contributed by atoms with E-state index in [4.69, 9.17) is 0 Å². The summed E-state index contributed by atoms with van der Waals surface area (Å²) >= 11 is 1.53. The molecule has 0 spiro atoms. The second-order valence-electron chi connectivity index (χ2n) is 7.41. The molecule has 6 nitrogen and oxygen atoms in total. The summed E-state index contributed by atoms with van der Waals surface area (Å²) < 4.78 is 0. The van der Waals surface area contributed by atoms with Crippen molar-refractivity contribution in [1.82, 2.24) is 4.98 Å². The van der Waals surface area contributed by atoms with Crippen LogP contribution in [0.5, 0.6) is 0 Å². The first kappa shape index (κ1) is 20.7. The summed E-state index contributed by atoms with van der Waals surface area (Å²) in [6, 6.07) is 19.0. The van der Waals surface area contributed by atoms with Gasteiger partial charge in [0.25, 0.3) is 5.69 Å². The van der Waals surface area contributed by atoms with Gasteiger partial charge in [-0.3, -0.25) is 14.9 Å². The molecule has 4 rings (SSSR count). The van der Waals surface area contributed by atoms with E-state index in [0.717, 1.165) is 21.1 Å². The fourth-order valence-corrected chi connectivity index (χ4v) is 4.63. The number of hydrogen-bond donors (Lipinski definition) is 1. The van der Waals surface area contributed by atoms with E-state index in [2.05, 4.69) is 34.6 Å². The molecular formula is C24H21N3O3S. The van der Waals surface area contributed by atoms with Gasteiger partial charge in [-0.05, 0) is 35.7 Å². The van der Waals surface area contributed by atoms with Gasteiger partial charge in [0.2, 0.25) is 5.91 Å². The second kappa shape index (κ2) is 8.65. The number of carbonyl (C=O) groups excluding carboxylic acids is 1. The van der Waals surface area contributed by atoms with E-state index in [1.54, 1.807) is 13.0 Å². The third kappa shape index (κ3) is 4.62. The van der Waals surface area contributed by atoms with Crippen LogP contribution < -0.4 is 5.32 Å². The normalized spacial score (nSPS) is 10.9. The average molecular weight is 432 g/mol. The first-order chi connectivity index (χ1) is 14.9. The van der Waals surface area contributed by atoms with Crippen LogP contribution in [-0.4, -0.2) is 15.8 Å². The lowest BCUT2D eigenvalue weighted by Crippen LogP contribution is -2.15. The molecule has 31 heavy (non-hydrogen) atoms. The minimum absolute atomic E-state index is 0.0488. The predicted molar refractivity (Wildman–Crippen MR) is 124 cm³/mol. The molecule has 0 aliphatic heterocycles. The summed E-state index contributed by atoms with van der Waals surface area (Å²) in [6.45, 7) is 3.71. The van der Waals surface area contributed by atoms with Crippen LogP contribution in [0.3, 0.4) is 0 Å². The number of hydrogen-bond acceptors (Lipinski definition) is 5. The van der Waals surface area contributed by atoms with E-state index in [1.165, 1.54) is 39.8 Å². The lowest BCUT2D eigenvalue weighted by Gasteiger charge is -2.08. The Kier molecular flexibility index (Phi) is 5.77. The summed E-state index contributed by atoms with van der Waals surface area (Å²) in [4.78, 5) is 28.7. The Hall–Kier alpha value is -3.58. The van der Waals surface area contributed by atoms with Crippen LogP contribution in [0, 0.1) is 24.0 Å². The van der Waals surface area contributed by atoms with Gasteiger partial charge in [-0.25, -0.2) is 4.98 Å². The number of rotatable bonds is 6. The van der Waals surface area contributed by atoms with Crippen LogP contribution in [0.25, 0.3) is 10.8 Å². The van der Waals surface area contributed by atoms with Crippen molar-refractivity contribution >= 4 is 39.4 Å². The van der Waals surface area contributed by atoms with Gasteiger partial charge in [0, 0.05) is 23.4 Å². The number of benzene rings is 3. The standard InChI is InChI=1S/C24H21N3O3S/c1-15-10-11-19(27(29)30)13-21(15)26-23(28)14-22-16(2)25-24(31-22)12-18-8-5-7-17-6-3-4-9-20(17)18/h3-11,13H,12,14H2,1-2H3,(H,26,28). The number of non-ortho nitro benzene ring substituents is 1. The van der Waals surface area contributed by atoms with Crippen molar-refractivity contribution in [2.24, 2.45) is 0 Å². The van der Waals surface area contributed by atoms with E-state index in [0.29, 0.717) is 12.1 Å². The Labute approximate surface area is 183 Å². The number of aromatic nitrogens is 1. The lowest BCUT2D eigenvalue weighted by atomic mass is 10.0. The Morgan fingerprint density at radius 3 is 2.68 bits per heavy atom. The molecule has 1 amide bonds. The fourth-order valence-electron chi connectivity index (χ4n) is 3.54. The maximum absolute atomic E-state index is 12.6. The molecular weight excluding hydrogens is 410 g/mol. The van der Waals surface area contributed by atoms with Crippen LogP contribution in [0.15, 0.2) is 60.7 Å². The van der Waals surface area contributed by atoms with Crippen LogP contribution in [0.1, 0.15) is 26.7 Å². The molecule has 0 saturated heterocycles. The molecule has 7 heteroatoms. The fraction of sp³-hybridized carbons (Fsp3) is 0.167. The van der Waals surface area contributed by atoms with Gasteiger partial charge >= 0.3 is 0 Å². The number of nitrogens with zero attached hydrogens (tertiary/aromatic N) is 2. The molecule has 0 unspecified atom stereocenters. The van der Waals surface area contributed by atoms with Crippen LogP contribution in [0.4, 0.5) is 11.4 Å². The molecule has 0 fully saturated rings. The number of thiazole rings is 1. The molecule has 3 aromatic carbocycles. The molecule has 1 aromatic heterocycles. The van der Waals surface area contributed by atoms with Crippen molar-refractivity contribution in [2.75, 3.05) is 5.32 Å². The number of aryl methyl sites for hydroxylation is 2. The number of carbonyl (C=O) groups is 1. The summed E-state index contributed by atoms with van der Waals surface area (Å²) in [5.41, 5.74) is 3.22. The molecule has 0 aliphatic carbocycles. The second-order valence-corrected chi connectivity index (χ2v) is 8.58. The Morgan fingerprint density at radius 1 is 1.10 bits per heavy atom. The summed E-state index contributed by atoms with van der Waals surface area (Å²) in [6.07, 6.45) is 0.889. The Morgan fingerprint density at radius 2 is 1.87 bits per heavy atom. The van der Waals surface area contributed by atoms with Crippen LogP contribution in [0.2, 0.25) is 0 Å². The van der Waals surface area contributed by atoms with Gasteiger partial charge in [-0.1, -0.05) is 48.5 Å². The highest BCUT2D eigenvalue weighted by atomic mass is 32.1. The molecule has 0 atom stereocenters. The van der Waals surface area contributed by atoms with Crippen molar-refractivity contribution in [2.45, 2.75) is 26.7 Å². The number of nitro groups is 1. The molecule has 0 radical (unpaired) electrons. The van der Waals surface area contributed by atoms with E-state index in [-0.39, 0.29) is 18.0 Å². The molecule has 4 aromatic rings. The molecule has 1 N–H and O–H groups in total. The van der Waals surface area contributed by atoms with E-state index in [9.17, 15) is 14.9 Å². The highest BCUT2D eigenvalue weighted by Crippen LogP contribution is 2.26. The maximum Gasteiger partial charge on any atom is 0.271 e. The number of amides is 1. The van der Waals surface area contributed by atoms with Crippen molar-refractivity contribution < 1.29 is 9.72 Å². The van der Waals surface area contributed by atoms with Crippen molar-refractivity contribution in [1.29, 1.82) is 0 Å². The summed E-state index contributed by atoms with van der Waals surface area (Å²) in [5, 5.41) is 17.2. The predicted octanol–water partition coefficient (Wildman–Crippen LogP) is 5.59. The van der Waals surface area contributed by atoms with Gasteiger partial charge in [-0.2, -0.15) is 0 Å². The zero-order chi connectivity index (χ0) is 22.0. The van der Waals surface area contributed by atoms with Crippen molar-refractivity contribution in [3.05, 3.63) is 97.5 Å². The first-order valence-electron chi connectivity index (χ1n) is 9.87. The summed E-state index contributed by atoms with van der Waals surface area (Å²) in [7, 11) is 0. The summed E-state index contributed by atoms with van der Waals surface area (Å²) in [5.74, 6) is -0.216. The zero-order valence-corrected chi connectivity index (χ0v) is 18.0. The molecule has 0 bridgehead atoms. The van der Waals surface area contributed by atoms with Crippen molar-refractivity contribution in [3.8, 4) is 0 Å². The van der Waals surface area contributed by atoms with Gasteiger partial charge in [0.1, 0.15) is 0 Å².